The molecule has 1 rings (SSSR count). The maximum absolute atomic E-state index is 11.5. The molecule has 2 amide bonds. The number of nitrogens with zero attached hydrogens (tertiary/aromatic N) is 2. The lowest BCUT2D eigenvalue weighted by Gasteiger charge is -2.20. The second-order valence-corrected chi connectivity index (χ2v) is 3.57. The molecule has 0 atom stereocenters. The third-order valence-electron chi connectivity index (χ3n) is 1.76. The van der Waals surface area contributed by atoms with Crippen molar-refractivity contribution in [1.29, 1.82) is 0 Å². The van der Waals surface area contributed by atoms with Crippen molar-refractivity contribution in [2.24, 2.45) is 5.73 Å². The number of carbonyl (C=O) groups is 2. The van der Waals surface area contributed by atoms with E-state index in [4.69, 9.17) is 10.2 Å². The SMILES string of the molecule is Cc1nnc(C(=O)NC(C)(C)C(N)=O)o1. The minimum Gasteiger partial charge on any atom is -0.417 e. The molecule has 3 N–H and O–H groups in total. The van der Waals surface area contributed by atoms with E-state index in [1.807, 2.05) is 0 Å². The molecule has 1 heterocycles. The maximum Gasteiger partial charge on any atom is 0.309 e. The van der Waals surface area contributed by atoms with Gasteiger partial charge in [0.05, 0.1) is 0 Å². The predicted molar refractivity (Wildman–Crippen MR) is 49.8 cm³/mol. The number of aromatic nitrogens is 2. The largest absolute Gasteiger partial charge is 0.417 e. The highest BCUT2D eigenvalue weighted by atomic mass is 16.4. The summed E-state index contributed by atoms with van der Waals surface area (Å²) < 4.78 is 4.88. The summed E-state index contributed by atoms with van der Waals surface area (Å²) in [6.45, 7) is 4.52. The summed E-state index contributed by atoms with van der Waals surface area (Å²) in [6.07, 6.45) is 0. The Hall–Kier alpha value is -1.92. The number of aryl methyl sites for hydroxylation is 1. The number of hydrogen-bond acceptors (Lipinski definition) is 5. The van der Waals surface area contributed by atoms with Crippen LogP contribution in [0.25, 0.3) is 0 Å². The Bertz CT molecular complexity index is 396. The van der Waals surface area contributed by atoms with E-state index in [0.29, 0.717) is 0 Å². The zero-order valence-corrected chi connectivity index (χ0v) is 8.70. The minimum atomic E-state index is -1.15. The molecule has 0 radical (unpaired) electrons. The molecule has 0 aliphatic rings. The fourth-order valence-electron chi connectivity index (χ4n) is 0.787. The monoisotopic (exact) mass is 212 g/mol. The van der Waals surface area contributed by atoms with Gasteiger partial charge in [-0.15, -0.1) is 10.2 Å². The molecule has 7 heteroatoms. The number of carbonyl (C=O) groups excluding carboxylic acids is 2. The van der Waals surface area contributed by atoms with E-state index in [9.17, 15) is 9.59 Å². The van der Waals surface area contributed by atoms with Crippen LogP contribution in [0, 0.1) is 6.92 Å². The normalized spacial score (nSPS) is 11.1. The van der Waals surface area contributed by atoms with Crippen LogP contribution in [0.4, 0.5) is 0 Å². The van der Waals surface area contributed by atoms with Crippen molar-refractivity contribution in [3.8, 4) is 0 Å². The first-order chi connectivity index (χ1) is 6.83. The Morgan fingerprint density at radius 2 is 2.00 bits per heavy atom. The summed E-state index contributed by atoms with van der Waals surface area (Å²) in [5, 5.41) is 9.37. The van der Waals surface area contributed by atoms with Crippen molar-refractivity contribution in [3.63, 3.8) is 0 Å². The second kappa shape index (κ2) is 3.68. The van der Waals surface area contributed by atoms with Gasteiger partial charge in [-0.3, -0.25) is 9.59 Å². The highest BCUT2D eigenvalue weighted by Crippen LogP contribution is 2.04. The van der Waals surface area contributed by atoms with Gasteiger partial charge in [-0.25, -0.2) is 0 Å². The number of rotatable bonds is 3. The van der Waals surface area contributed by atoms with E-state index < -0.39 is 17.4 Å². The molecule has 0 fully saturated rings. The molecule has 1 aromatic rings. The lowest BCUT2D eigenvalue weighted by molar-refractivity contribution is -0.122. The Morgan fingerprint density at radius 1 is 1.40 bits per heavy atom. The molecule has 0 aliphatic heterocycles. The quantitative estimate of drug-likeness (QED) is 0.693. The molecule has 1 aromatic heterocycles. The third kappa shape index (κ3) is 2.52. The van der Waals surface area contributed by atoms with Gasteiger partial charge in [0.15, 0.2) is 0 Å². The van der Waals surface area contributed by atoms with Crippen LogP contribution in [-0.4, -0.2) is 27.6 Å². The van der Waals surface area contributed by atoms with Crippen LogP contribution in [-0.2, 0) is 4.79 Å². The molecule has 15 heavy (non-hydrogen) atoms. The van der Waals surface area contributed by atoms with E-state index in [1.165, 1.54) is 13.8 Å². The minimum absolute atomic E-state index is 0.193. The van der Waals surface area contributed by atoms with E-state index >= 15 is 0 Å². The van der Waals surface area contributed by atoms with Crippen LogP contribution in [0.2, 0.25) is 0 Å². The Kier molecular flexibility index (Phi) is 2.74. The molecule has 0 unspecified atom stereocenters. The molecule has 0 saturated carbocycles. The Balaban J connectivity index is 2.76. The van der Waals surface area contributed by atoms with Crippen molar-refractivity contribution in [2.75, 3.05) is 0 Å². The van der Waals surface area contributed by atoms with Crippen LogP contribution >= 0.6 is 0 Å². The van der Waals surface area contributed by atoms with Gasteiger partial charge in [0.1, 0.15) is 5.54 Å². The molecular weight excluding hydrogens is 200 g/mol. The average Bonchev–Trinajstić information content (AvgIpc) is 2.50. The first-order valence-electron chi connectivity index (χ1n) is 4.25. The zero-order chi connectivity index (χ0) is 11.6. The summed E-state index contributed by atoms with van der Waals surface area (Å²) in [6, 6.07) is 0. The number of amides is 2. The fourth-order valence-corrected chi connectivity index (χ4v) is 0.787. The first kappa shape index (κ1) is 11.2. The van der Waals surface area contributed by atoms with Gasteiger partial charge in [-0.2, -0.15) is 0 Å². The Morgan fingerprint density at radius 3 is 2.40 bits per heavy atom. The van der Waals surface area contributed by atoms with Crippen molar-refractivity contribution in [3.05, 3.63) is 11.8 Å². The number of hydrogen-bond donors (Lipinski definition) is 2. The molecule has 7 nitrogen and oxygen atoms in total. The maximum atomic E-state index is 11.5. The van der Waals surface area contributed by atoms with Crippen LogP contribution in [0.15, 0.2) is 4.42 Å². The summed E-state index contributed by atoms with van der Waals surface area (Å²) >= 11 is 0. The fraction of sp³-hybridized carbons (Fsp3) is 0.500. The van der Waals surface area contributed by atoms with Crippen molar-refractivity contribution in [2.45, 2.75) is 26.3 Å². The zero-order valence-electron chi connectivity index (χ0n) is 8.70. The number of nitrogens with one attached hydrogen (secondary N) is 1. The van der Waals surface area contributed by atoms with E-state index in [-0.39, 0.29) is 11.8 Å². The smallest absolute Gasteiger partial charge is 0.309 e. The van der Waals surface area contributed by atoms with Gasteiger partial charge in [-0.1, -0.05) is 0 Å². The van der Waals surface area contributed by atoms with Crippen LogP contribution in [0.5, 0.6) is 0 Å². The number of primary amides is 1. The predicted octanol–water partition coefficient (Wildman–Crippen LogP) is -0.628. The van der Waals surface area contributed by atoms with Gasteiger partial charge in [0, 0.05) is 6.92 Å². The first-order valence-corrected chi connectivity index (χ1v) is 4.25. The molecule has 0 saturated heterocycles. The molecule has 0 aromatic carbocycles. The van der Waals surface area contributed by atoms with E-state index in [0.717, 1.165) is 0 Å². The summed E-state index contributed by atoms with van der Waals surface area (Å²) in [7, 11) is 0. The topological polar surface area (TPSA) is 111 Å². The van der Waals surface area contributed by atoms with Gasteiger partial charge < -0.3 is 15.5 Å². The van der Waals surface area contributed by atoms with Gasteiger partial charge in [0.25, 0.3) is 0 Å². The highest BCUT2D eigenvalue weighted by Gasteiger charge is 2.29. The molecule has 0 spiro atoms. The van der Waals surface area contributed by atoms with Gasteiger partial charge >= 0.3 is 11.8 Å². The highest BCUT2D eigenvalue weighted by molar-refractivity contribution is 5.95. The van der Waals surface area contributed by atoms with Crippen LogP contribution in [0.1, 0.15) is 30.4 Å². The van der Waals surface area contributed by atoms with E-state index in [1.54, 1.807) is 6.92 Å². The van der Waals surface area contributed by atoms with Gasteiger partial charge in [0.2, 0.25) is 11.8 Å². The van der Waals surface area contributed by atoms with Crippen molar-refractivity contribution < 1.29 is 14.0 Å². The van der Waals surface area contributed by atoms with Crippen molar-refractivity contribution >= 4 is 11.8 Å². The lowest BCUT2D eigenvalue weighted by atomic mass is 10.1. The molecule has 82 valence electrons. The molecular formula is C8H12N4O3. The second-order valence-electron chi connectivity index (χ2n) is 3.57. The van der Waals surface area contributed by atoms with Crippen LogP contribution in [0.3, 0.4) is 0 Å². The van der Waals surface area contributed by atoms with Crippen molar-refractivity contribution in [1.82, 2.24) is 15.5 Å². The standard InChI is InChI=1S/C8H12N4O3/c1-4-11-12-6(15-4)5(13)10-8(2,3)7(9)14/h1-3H3,(H2,9,14)(H,10,13). The lowest BCUT2D eigenvalue weighted by Crippen LogP contribution is -2.53. The Labute approximate surface area is 86.0 Å². The third-order valence-corrected chi connectivity index (χ3v) is 1.76. The van der Waals surface area contributed by atoms with Crippen LogP contribution < -0.4 is 11.1 Å². The molecule has 0 aliphatic carbocycles. The molecule has 0 bridgehead atoms. The average molecular weight is 212 g/mol. The summed E-state index contributed by atoms with van der Waals surface area (Å²) in [5.74, 6) is -1.19. The number of nitrogens with two attached hydrogens (primary N) is 1. The summed E-state index contributed by atoms with van der Waals surface area (Å²) in [4.78, 5) is 22.4. The van der Waals surface area contributed by atoms with Gasteiger partial charge in [-0.05, 0) is 13.8 Å². The summed E-state index contributed by atoms with van der Waals surface area (Å²) in [5.41, 5.74) is 3.93. The van der Waals surface area contributed by atoms with E-state index in [2.05, 4.69) is 15.5 Å².